The van der Waals surface area contributed by atoms with Gasteiger partial charge in [-0.25, -0.2) is 0 Å². The van der Waals surface area contributed by atoms with Crippen molar-refractivity contribution in [3.05, 3.63) is 0 Å². The van der Waals surface area contributed by atoms with Crippen LogP contribution in [0.15, 0.2) is 0 Å². The van der Waals surface area contributed by atoms with Gasteiger partial charge in [-0.1, -0.05) is 13.8 Å². The highest BCUT2D eigenvalue weighted by molar-refractivity contribution is 6.00. The van der Waals surface area contributed by atoms with Crippen molar-refractivity contribution in [2.24, 2.45) is 11.3 Å². The third-order valence-corrected chi connectivity index (χ3v) is 3.46. The third-order valence-electron chi connectivity index (χ3n) is 3.46. The molecule has 0 rings (SSSR count). The molecule has 0 amide bonds. The summed E-state index contributed by atoms with van der Waals surface area (Å²) in [6.45, 7) is 11.9. The Morgan fingerprint density at radius 2 is 1.23 bits per heavy atom. The molecule has 0 unspecified atom stereocenters. The monoisotopic (exact) mass is 318 g/mol. The van der Waals surface area contributed by atoms with Gasteiger partial charge in [0.25, 0.3) is 0 Å². The van der Waals surface area contributed by atoms with Crippen molar-refractivity contribution < 1.29 is 28.5 Å². The summed E-state index contributed by atoms with van der Waals surface area (Å²) in [5.74, 6) is -1.49. The molecule has 0 radical (unpaired) electrons. The second-order valence-corrected chi connectivity index (χ2v) is 5.11. The molecule has 6 nitrogen and oxygen atoms in total. The lowest BCUT2D eigenvalue weighted by Crippen LogP contribution is -2.49. The van der Waals surface area contributed by atoms with Gasteiger partial charge in [0.15, 0.2) is 11.7 Å². The minimum absolute atomic E-state index is 0.0734. The molecule has 22 heavy (non-hydrogen) atoms. The van der Waals surface area contributed by atoms with Gasteiger partial charge in [-0.15, -0.1) is 0 Å². The summed E-state index contributed by atoms with van der Waals surface area (Å²) in [4.78, 5) is 25.1. The highest BCUT2D eigenvalue weighted by Crippen LogP contribution is 2.37. The summed E-state index contributed by atoms with van der Waals surface area (Å²) >= 11 is 0. The van der Waals surface area contributed by atoms with Gasteiger partial charge in [-0.3, -0.25) is 9.59 Å². The molecule has 0 aromatic carbocycles. The second kappa shape index (κ2) is 10.6. The van der Waals surface area contributed by atoms with E-state index in [1.165, 1.54) is 0 Å². The molecule has 0 aliphatic heterocycles. The average Bonchev–Trinajstić information content (AvgIpc) is 2.45. The van der Waals surface area contributed by atoms with Crippen LogP contribution in [0.4, 0.5) is 0 Å². The maximum absolute atomic E-state index is 12.5. The van der Waals surface area contributed by atoms with Crippen molar-refractivity contribution in [2.75, 3.05) is 26.4 Å². The zero-order valence-electron chi connectivity index (χ0n) is 14.6. The third kappa shape index (κ3) is 5.25. The van der Waals surface area contributed by atoms with Gasteiger partial charge in [-0.05, 0) is 33.6 Å². The Kier molecular flexibility index (Phi) is 10.0. The summed E-state index contributed by atoms with van der Waals surface area (Å²) < 4.78 is 21.3. The van der Waals surface area contributed by atoms with Crippen LogP contribution in [0.5, 0.6) is 0 Å². The molecule has 0 saturated heterocycles. The summed E-state index contributed by atoms with van der Waals surface area (Å²) in [6.07, 6.45) is -0.587. The van der Waals surface area contributed by atoms with Crippen molar-refractivity contribution >= 4 is 11.9 Å². The van der Waals surface area contributed by atoms with E-state index >= 15 is 0 Å². The van der Waals surface area contributed by atoms with Crippen LogP contribution < -0.4 is 0 Å². The Morgan fingerprint density at radius 3 is 1.50 bits per heavy atom. The molecule has 0 spiro atoms. The van der Waals surface area contributed by atoms with E-state index in [2.05, 4.69) is 0 Å². The normalized spacial score (nSPS) is 11.8. The van der Waals surface area contributed by atoms with Gasteiger partial charge in [0, 0.05) is 19.6 Å². The molecule has 6 heteroatoms. The minimum Gasteiger partial charge on any atom is -0.465 e. The number of hydrogen-bond acceptors (Lipinski definition) is 6. The predicted molar refractivity (Wildman–Crippen MR) is 82.2 cm³/mol. The molecule has 130 valence electrons. The van der Waals surface area contributed by atoms with Crippen molar-refractivity contribution in [1.29, 1.82) is 0 Å². The molecule has 0 aromatic rings. The molecule has 0 atom stereocenters. The van der Waals surface area contributed by atoms with E-state index in [4.69, 9.17) is 18.9 Å². The number of hydrogen-bond donors (Lipinski definition) is 0. The largest absolute Gasteiger partial charge is 0.465 e. The van der Waals surface area contributed by atoms with Crippen LogP contribution in [0.1, 0.15) is 48.0 Å². The lowest BCUT2D eigenvalue weighted by molar-refractivity contribution is -0.196. The van der Waals surface area contributed by atoms with E-state index in [1.807, 2.05) is 13.8 Å². The summed E-state index contributed by atoms with van der Waals surface area (Å²) in [7, 11) is 0. The van der Waals surface area contributed by atoms with Gasteiger partial charge in [0.1, 0.15) is 0 Å². The van der Waals surface area contributed by atoms with Gasteiger partial charge in [0.2, 0.25) is 0 Å². The van der Waals surface area contributed by atoms with E-state index in [-0.39, 0.29) is 25.6 Å². The Bertz CT molecular complexity index is 316. The van der Waals surface area contributed by atoms with Crippen LogP contribution >= 0.6 is 0 Å². The Morgan fingerprint density at radius 1 is 0.818 bits per heavy atom. The van der Waals surface area contributed by atoms with E-state index in [0.717, 1.165) is 0 Å². The topological polar surface area (TPSA) is 71.1 Å². The molecular formula is C16H30O6. The fourth-order valence-corrected chi connectivity index (χ4v) is 2.28. The van der Waals surface area contributed by atoms with Crippen molar-refractivity contribution in [2.45, 2.75) is 54.3 Å². The smallest absolute Gasteiger partial charge is 0.323 e. The number of carbonyl (C=O) groups is 2. The second-order valence-electron chi connectivity index (χ2n) is 5.11. The standard InChI is InChI=1S/C16H30O6/c1-7-19-13(20-8-2)11-16(12(5)6,14(17)21-9-3)15(18)22-10-4/h12-13H,7-11H2,1-6H3. The van der Waals surface area contributed by atoms with E-state index < -0.39 is 23.6 Å². The number of rotatable bonds is 11. The van der Waals surface area contributed by atoms with Crippen LogP contribution in [0.25, 0.3) is 0 Å². The first-order chi connectivity index (χ1) is 10.4. The zero-order chi connectivity index (χ0) is 17.2. The first-order valence-electron chi connectivity index (χ1n) is 7.98. The van der Waals surface area contributed by atoms with Crippen LogP contribution in [0.3, 0.4) is 0 Å². The number of carbonyl (C=O) groups excluding carboxylic acids is 2. The molecular weight excluding hydrogens is 288 g/mol. The van der Waals surface area contributed by atoms with Crippen LogP contribution in [-0.2, 0) is 28.5 Å². The molecule has 0 fully saturated rings. The zero-order valence-corrected chi connectivity index (χ0v) is 14.6. The Labute approximate surface area is 133 Å². The lowest BCUT2D eigenvalue weighted by Gasteiger charge is -2.35. The molecule has 0 N–H and O–H groups in total. The summed E-state index contributed by atoms with van der Waals surface area (Å²) in [5, 5.41) is 0. The van der Waals surface area contributed by atoms with Gasteiger partial charge in [-0.2, -0.15) is 0 Å². The Balaban J connectivity index is 5.59. The molecule has 0 aliphatic carbocycles. The summed E-state index contributed by atoms with van der Waals surface area (Å²) in [6, 6.07) is 0. The number of esters is 2. The van der Waals surface area contributed by atoms with Crippen LogP contribution in [-0.4, -0.2) is 44.7 Å². The number of ether oxygens (including phenoxy) is 4. The Hall–Kier alpha value is -1.14. The van der Waals surface area contributed by atoms with Gasteiger partial charge >= 0.3 is 11.9 Å². The summed E-state index contributed by atoms with van der Waals surface area (Å²) in [5.41, 5.74) is -1.43. The average molecular weight is 318 g/mol. The highest BCUT2D eigenvalue weighted by atomic mass is 16.7. The van der Waals surface area contributed by atoms with Gasteiger partial charge < -0.3 is 18.9 Å². The van der Waals surface area contributed by atoms with Crippen molar-refractivity contribution in [3.8, 4) is 0 Å². The predicted octanol–water partition coefficient (Wildman–Crippen LogP) is 2.54. The van der Waals surface area contributed by atoms with Crippen molar-refractivity contribution in [3.63, 3.8) is 0 Å². The molecule has 0 bridgehead atoms. The van der Waals surface area contributed by atoms with Crippen LogP contribution in [0.2, 0.25) is 0 Å². The maximum atomic E-state index is 12.5. The van der Waals surface area contributed by atoms with E-state index in [9.17, 15) is 9.59 Å². The minimum atomic E-state index is -1.43. The van der Waals surface area contributed by atoms with Crippen molar-refractivity contribution in [1.82, 2.24) is 0 Å². The van der Waals surface area contributed by atoms with E-state index in [0.29, 0.717) is 13.2 Å². The van der Waals surface area contributed by atoms with E-state index in [1.54, 1.807) is 27.7 Å². The first-order valence-corrected chi connectivity index (χ1v) is 7.98. The van der Waals surface area contributed by atoms with Crippen LogP contribution in [0, 0.1) is 11.3 Å². The quantitative estimate of drug-likeness (QED) is 0.331. The first kappa shape index (κ1) is 20.9. The lowest BCUT2D eigenvalue weighted by atomic mass is 9.74. The fraction of sp³-hybridized carbons (Fsp3) is 0.875. The van der Waals surface area contributed by atoms with Gasteiger partial charge in [0.05, 0.1) is 13.2 Å². The SMILES string of the molecule is CCOC(=O)C(CC(OCC)OCC)(C(=O)OCC)C(C)C. The highest BCUT2D eigenvalue weighted by Gasteiger charge is 2.53. The maximum Gasteiger partial charge on any atom is 0.323 e. The molecule has 0 saturated carbocycles. The molecule has 0 aromatic heterocycles. The molecule has 0 heterocycles. The fourth-order valence-electron chi connectivity index (χ4n) is 2.28. The molecule has 0 aliphatic rings.